The van der Waals surface area contributed by atoms with Crippen molar-refractivity contribution in [3.63, 3.8) is 0 Å². The number of halogens is 2. The van der Waals surface area contributed by atoms with Gasteiger partial charge >= 0.3 is 6.03 Å². The largest absolute Gasteiger partial charge is 0.324 e. The van der Waals surface area contributed by atoms with Gasteiger partial charge in [-0.25, -0.2) is 13.6 Å². The standard InChI is InChI=1S/C17H23F2N3OS/c1-20-6-8-22(9-7-20)17(23)21-5-4-16(24-11-10-21)14-12-13(18)2-3-15(14)19/h2-3,12,16H,4-11H2,1H3. The molecule has 2 aliphatic heterocycles. The molecular formula is C17H23F2N3OS. The summed E-state index contributed by atoms with van der Waals surface area (Å²) in [4.78, 5) is 18.6. The summed E-state index contributed by atoms with van der Waals surface area (Å²) in [5.74, 6) is -0.0468. The van der Waals surface area contributed by atoms with Gasteiger partial charge in [-0.15, -0.1) is 0 Å². The number of urea groups is 1. The Morgan fingerprint density at radius 2 is 1.79 bits per heavy atom. The normalized spacial score (nSPS) is 23.2. The highest BCUT2D eigenvalue weighted by molar-refractivity contribution is 7.99. The van der Waals surface area contributed by atoms with Crippen LogP contribution in [-0.2, 0) is 0 Å². The van der Waals surface area contributed by atoms with E-state index >= 15 is 0 Å². The van der Waals surface area contributed by atoms with Crippen LogP contribution in [0.5, 0.6) is 0 Å². The van der Waals surface area contributed by atoms with Crippen molar-refractivity contribution in [3.8, 4) is 0 Å². The molecule has 0 saturated carbocycles. The van der Waals surface area contributed by atoms with Crippen LogP contribution in [0.2, 0.25) is 0 Å². The number of carbonyl (C=O) groups excluding carboxylic acids is 1. The van der Waals surface area contributed by atoms with Crippen molar-refractivity contribution in [2.24, 2.45) is 0 Å². The molecule has 0 radical (unpaired) electrons. The van der Waals surface area contributed by atoms with Crippen molar-refractivity contribution < 1.29 is 13.6 Å². The van der Waals surface area contributed by atoms with Crippen molar-refractivity contribution in [3.05, 3.63) is 35.4 Å². The van der Waals surface area contributed by atoms with Gasteiger partial charge in [0.25, 0.3) is 0 Å². The van der Waals surface area contributed by atoms with Gasteiger partial charge < -0.3 is 14.7 Å². The van der Waals surface area contributed by atoms with Gasteiger partial charge in [0.05, 0.1) is 0 Å². The fraction of sp³-hybridized carbons (Fsp3) is 0.588. The van der Waals surface area contributed by atoms with Gasteiger partial charge in [0.15, 0.2) is 0 Å². The molecule has 132 valence electrons. The minimum atomic E-state index is -0.415. The molecule has 1 unspecified atom stereocenters. The topological polar surface area (TPSA) is 26.8 Å². The molecule has 2 heterocycles. The Hall–Kier alpha value is -1.34. The summed E-state index contributed by atoms with van der Waals surface area (Å²) in [6.45, 7) is 4.53. The molecule has 3 rings (SSSR count). The second-order valence-corrected chi connectivity index (χ2v) is 7.68. The number of amides is 2. The second-order valence-electron chi connectivity index (χ2n) is 6.37. The molecule has 24 heavy (non-hydrogen) atoms. The van der Waals surface area contributed by atoms with Crippen LogP contribution in [0.1, 0.15) is 17.2 Å². The zero-order valence-corrected chi connectivity index (χ0v) is 14.7. The van der Waals surface area contributed by atoms with Crippen LogP contribution >= 0.6 is 11.8 Å². The van der Waals surface area contributed by atoms with Gasteiger partial charge in [0.2, 0.25) is 0 Å². The van der Waals surface area contributed by atoms with Gasteiger partial charge in [-0.1, -0.05) is 0 Å². The summed E-state index contributed by atoms with van der Waals surface area (Å²) in [5, 5.41) is -0.106. The van der Waals surface area contributed by atoms with Crippen LogP contribution in [0.15, 0.2) is 18.2 Å². The number of hydrogen-bond acceptors (Lipinski definition) is 3. The van der Waals surface area contributed by atoms with Crippen molar-refractivity contribution >= 4 is 17.8 Å². The number of carbonyl (C=O) groups is 1. The maximum absolute atomic E-state index is 14.0. The summed E-state index contributed by atoms with van der Waals surface area (Å²) in [6, 6.07) is 3.68. The van der Waals surface area contributed by atoms with E-state index in [0.29, 0.717) is 25.1 Å². The smallest absolute Gasteiger partial charge is 0.320 e. The van der Waals surface area contributed by atoms with Gasteiger partial charge in [-0.2, -0.15) is 11.8 Å². The van der Waals surface area contributed by atoms with Crippen LogP contribution in [0.25, 0.3) is 0 Å². The molecule has 1 aromatic carbocycles. The first-order valence-electron chi connectivity index (χ1n) is 8.33. The van der Waals surface area contributed by atoms with Crippen LogP contribution < -0.4 is 0 Å². The molecule has 0 aromatic heterocycles. The van der Waals surface area contributed by atoms with Crippen molar-refractivity contribution in [1.29, 1.82) is 0 Å². The molecular weight excluding hydrogens is 332 g/mol. The lowest BCUT2D eigenvalue weighted by Crippen LogP contribution is -2.52. The van der Waals surface area contributed by atoms with Crippen LogP contribution in [-0.4, -0.2) is 72.8 Å². The van der Waals surface area contributed by atoms with Crippen LogP contribution in [0.3, 0.4) is 0 Å². The summed E-state index contributed by atoms with van der Waals surface area (Å²) in [5.41, 5.74) is 0.411. The number of benzene rings is 1. The monoisotopic (exact) mass is 355 g/mol. The molecule has 1 aromatic rings. The fourth-order valence-electron chi connectivity index (χ4n) is 3.17. The molecule has 2 fully saturated rings. The highest BCUT2D eigenvalue weighted by atomic mass is 32.2. The SMILES string of the molecule is CN1CCN(C(=O)N2CCSC(c3cc(F)ccc3F)CC2)CC1. The van der Waals surface area contributed by atoms with Crippen molar-refractivity contribution in [2.45, 2.75) is 11.7 Å². The Balaban J connectivity index is 1.62. The van der Waals surface area contributed by atoms with Crippen molar-refractivity contribution in [2.75, 3.05) is 52.1 Å². The number of rotatable bonds is 1. The van der Waals surface area contributed by atoms with E-state index in [1.807, 2.05) is 9.80 Å². The maximum atomic E-state index is 14.0. The average Bonchev–Trinajstić information content (AvgIpc) is 2.83. The molecule has 0 aliphatic carbocycles. The third-order valence-electron chi connectivity index (χ3n) is 4.69. The van der Waals surface area contributed by atoms with Gasteiger partial charge in [0.1, 0.15) is 11.6 Å². The highest BCUT2D eigenvalue weighted by Crippen LogP contribution is 2.36. The lowest BCUT2D eigenvalue weighted by molar-refractivity contribution is 0.124. The summed E-state index contributed by atoms with van der Waals surface area (Å²) >= 11 is 1.60. The van der Waals surface area contributed by atoms with E-state index in [4.69, 9.17) is 0 Å². The third-order valence-corrected chi connectivity index (χ3v) is 6.00. The quantitative estimate of drug-likeness (QED) is 0.775. The molecule has 2 amide bonds. The van der Waals surface area contributed by atoms with E-state index < -0.39 is 5.82 Å². The van der Waals surface area contributed by atoms with E-state index in [1.54, 1.807) is 11.8 Å². The predicted molar refractivity (Wildman–Crippen MR) is 92.2 cm³/mol. The number of nitrogens with zero attached hydrogens (tertiary/aromatic N) is 3. The third kappa shape index (κ3) is 4.00. The van der Waals surface area contributed by atoms with Crippen molar-refractivity contribution in [1.82, 2.24) is 14.7 Å². The Morgan fingerprint density at radius 1 is 1.08 bits per heavy atom. The molecule has 7 heteroatoms. The Labute approximate surface area is 145 Å². The number of piperazine rings is 1. The first kappa shape index (κ1) is 17.5. The van der Waals surface area contributed by atoms with Crippen LogP contribution in [0, 0.1) is 11.6 Å². The highest BCUT2D eigenvalue weighted by Gasteiger charge is 2.28. The molecule has 1 atom stereocenters. The number of hydrogen-bond donors (Lipinski definition) is 0. The lowest BCUT2D eigenvalue weighted by Gasteiger charge is -2.35. The summed E-state index contributed by atoms with van der Waals surface area (Å²) < 4.78 is 27.4. The van der Waals surface area contributed by atoms with E-state index in [9.17, 15) is 13.6 Å². The summed E-state index contributed by atoms with van der Waals surface area (Å²) in [7, 11) is 2.06. The first-order chi connectivity index (χ1) is 11.5. The number of likely N-dealkylation sites (N-methyl/N-ethyl adjacent to an activating group) is 1. The molecule has 2 saturated heterocycles. The second kappa shape index (κ2) is 7.70. The molecule has 0 spiro atoms. The minimum absolute atomic E-state index is 0.0732. The Bertz CT molecular complexity index is 593. The van der Waals surface area contributed by atoms with Gasteiger partial charge in [-0.05, 0) is 31.7 Å². The maximum Gasteiger partial charge on any atom is 0.320 e. The Morgan fingerprint density at radius 3 is 2.54 bits per heavy atom. The minimum Gasteiger partial charge on any atom is -0.324 e. The van der Waals surface area contributed by atoms with E-state index in [2.05, 4.69) is 11.9 Å². The predicted octanol–water partition coefficient (Wildman–Crippen LogP) is 2.81. The zero-order valence-electron chi connectivity index (χ0n) is 13.9. The summed E-state index contributed by atoms with van der Waals surface area (Å²) in [6.07, 6.45) is 0.643. The van der Waals surface area contributed by atoms with E-state index in [0.717, 1.165) is 38.0 Å². The van der Waals surface area contributed by atoms with E-state index in [1.165, 1.54) is 12.1 Å². The van der Waals surface area contributed by atoms with Crippen LogP contribution in [0.4, 0.5) is 13.6 Å². The molecule has 2 aliphatic rings. The number of thioether (sulfide) groups is 1. The van der Waals surface area contributed by atoms with Gasteiger partial charge in [0, 0.05) is 55.8 Å². The fourth-order valence-corrected chi connectivity index (χ4v) is 4.41. The molecule has 0 bridgehead atoms. The lowest BCUT2D eigenvalue weighted by atomic mass is 10.1. The van der Waals surface area contributed by atoms with E-state index in [-0.39, 0.29) is 17.1 Å². The average molecular weight is 355 g/mol. The molecule has 0 N–H and O–H groups in total. The molecule has 4 nitrogen and oxygen atoms in total. The first-order valence-corrected chi connectivity index (χ1v) is 9.38. The Kier molecular flexibility index (Phi) is 5.61. The van der Waals surface area contributed by atoms with Gasteiger partial charge in [-0.3, -0.25) is 0 Å². The zero-order chi connectivity index (χ0) is 17.1.